The van der Waals surface area contributed by atoms with Crippen LogP contribution in [0.1, 0.15) is 46.0 Å². The van der Waals surface area contributed by atoms with Crippen molar-refractivity contribution in [1.82, 2.24) is 0 Å². The minimum Gasteiger partial charge on any atom is -0.393 e. The van der Waals surface area contributed by atoms with Crippen molar-refractivity contribution in [3.05, 3.63) is 0 Å². The predicted molar refractivity (Wildman–Crippen MR) is 47.4 cm³/mol. The van der Waals surface area contributed by atoms with E-state index < -0.39 is 0 Å². The predicted octanol–water partition coefficient (Wildman–Crippen LogP) is 2.58. The Hall–Kier alpha value is -0.0400. The first-order valence-corrected chi connectivity index (χ1v) is 4.92. The molecule has 0 aliphatic heterocycles. The van der Waals surface area contributed by atoms with Crippen molar-refractivity contribution < 1.29 is 5.11 Å². The third-order valence-corrected chi connectivity index (χ3v) is 3.02. The molecule has 1 heteroatoms. The van der Waals surface area contributed by atoms with Crippen LogP contribution in [-0.2, 0) is 0 Å². The maximum Gasteiger partial charge on any atom is 0.0568 e. The molecule has 0 saturated heterocycles. The van der Waals surface area contributed by atoms with E-state index in [1.54, 1.807) is 0 Å². The van der Waals surface area contributed by atoms with Crippen LogP contribution in [0, 0.1) is 11.8 Å². The lowest BCUT2D eigenvalue weighted by molar-refractivity contribution is 0.118. The average Bonchev–Trinajstić information content (AvgIpc) is 2.37. The van der Waals surface area contributed by atoms with E-state index in [-0.39, 0.29) is 6.10 Å². The van der Waals surface area contributed by atoms with Crippen molar-refractivity contribution in [3.8, 4) is 0 Å². The first-order valence-electron chi connectivity index (χ1n) is 4.92. The van der Waals surface area contributed by atoms with Gasteiger partial charge in [-0.25, -0.2) is 0 Å². The Morgan fingerprint density at radius 3 is 2.64 bits per heavy atom. The minimum atomic E-state index is 0.0176. The van der Waals surface area contributed by atoms with Gasteiger partial charge in [-0.2, -0.15) is 0 Å². The summed E-state index contributed by atoms with van der Waals surface area (Å²) in [6.45, 7) is 4.51. The van der Waals surface area contributed by atoms with E-state index in [9.17, 15) is 5.11 Å². The van der Waals surface area contributed by atoms with Crippen molar-refractivity contribution >= 4 is 0 Å². The van der Waals surface area contributed by atoms with Crippen LogP contribution in [0.4, 0.5) is 0 Å². The third kappa shape index (κ3) is 2.48. The van der Waals surface area contributed by atoms with Crippen LogP contribution < -0.4 is 0 Å². The highest BCUT2D eigenvalue weighted by Gasteiger charge is 2.25. The van der Waals surface area contributed by atoms with Crippen LogP contribution in [0.25, 0.3) is 0 Å². The number of aliphatic hydroxyl groups excluding tert-OH is 1. The lowest BCUT2D eigenvalue weighted by Gasteiger charge is -2.17. The summed E-state index contributed by atoms with van der Waals surface area (Å²) in [6.07, 6.45) is 6.04. The lowest BCUT2D eigenvalue weighted by Crippen LogP contribution is -2.15. The second-order valence-corrected chi connectivity index (χ2v) is 4.01. The highest BCUT2D eigenvalue weighted by atomic mass is 16.3. The molecule has 3 unspecified atom stereocenters. The van der Waals surface area contributed by atoms with Crippen LogP contribution in [0.15, 0.2) is 0 Å². The summed E-state index contributed by atoms with van der Waals surface area (Å²) >= 11 is 0. The number of hydrogen-bond donors (Lipinski definition) is 1. The molecule has 0 heterocycles. The van der Waals surface area contributed by atoms with Crippen LogP contribution in [0.5, 0.6) is 0 Å². The quantitative estimate of drug-likeness (QED) is 0.666. The molecule has 1 nitrogen and oxygen atoms in total. The molecule has 0 aromatic rings. The SMILES string of the molecule is CCC(C)CC1CCCC1O. The van der Waals surface area contributed by atoms with Gasteiger partial charge in [-0.3, -0.25) is 0 Å². The van der Waals surface area contributed by atoms with Crippen molar-refractivity contribution in [2.75, 3.05) is 0 Å². The molecule has 1 saturated carbocycles. The van der Waals surface area contributed by atoms with E-state index in [2.05, 4.69) is 13.8 Å². The Bertz CT molecular complexity index is 111. The second-order valence-electron chi connectivity index (χ2n) is 4.01. The second kappa shape index (κ2) is 4.10. The molecule has 11 heavy (non-hydrogen) atoms. The summed E-state index contributed by atoms with van der Waals surface area (Å²) in [5.41, 5.74) is 0. The van der Waals surface area contributed by atoms with Crippen LogP contribution in [-0.4, -0.2) is 11.2 Å². The number of aliphatic hydroxyl groups is 1. The van der Waals surface area contributed by atoms with E-state index in [0.717, 1.165) is 12.3 Å². The third-order valence-electron chi connectivity index (χ3n) is 3.02. The molecular weight excluding hydrogens is 136 g/mol. The smallest absolute Gasteiger partial charge is 0.0568 e. The first-order chi connectivity index (χ1) is 5.24. The van der Waals surface area contributed by atoms with E-state index in [4.69, 9.17) is 0 Å². The zero-order chi connectivity index (χ0) is 8.27. The molecule has 3 atom stereocenters. The van der Waals surface area contributed by atoms with E-state index in [0.29, 0.717) is 5.92 Å². The molecule has 0 amide bonds. The van der Waals surface area contributed by atoms with Gasteiger partial charge < -0.3 is 5.11 Å². The molecule has 1 aliphatic rings. The minimum absolute atomic E-state index is 0.0176. The topological polar surface area (TPSA) is 20.2 Å². The summed E-state index contributed by atoms with van der Waals surface area (Å²) in [4.78, 5) is 0. The van der Waals surface area contributed by atoms with E-state index >= 15 is 0 Å². The molecule has 0 aromatic carbocycles. The molecule has 1 rings (SSSR count). The summed E-state index contributed by atoms with van der Waals surface area (Å²) < 4.78 is 0. The van der Waals surface area contributed by atoms with Gasteiger partial charge in [-0.05, 0) is 31.1 Å². The zero-order valence-electron chi connectivity index (χ0n) is 7.71. The molecule has 0 spiro atoms. The Balaban J connectivity index is 2.24. The fourth-order valence-electron chi connectivity index (χ4n) is 1.98. The molecule has 66 valence electrons. The molecule has 0 radical (unpaired) electrons. The Morgan fingerprint density at radius 1 is 1.45 bits per heavy atom. The highest BCUT2D eigenvalue weighted by Crippen LogP contribution is 2.31. The zero-order valence-corrected chi connectivity index (χ0v) is 7.71. The van der Waals surface area contributed by atoms with Crippen molar-refractivity contribution in [2.45, 2.75) is 52.1 Å². The number of rotatable bonds is 3. The Kier molecular flexibility index (Phi) is 3.38. The molecule has 0 aromatic heterocycles. The molecule has 1 aliphatic carbocycles. The molecular formula is C10H20O. The first kappa shape index (κ1) is 9.05. The van der Waals surface area contributed by atoms with Gasteiger partial charge in [0.15, 0.2) is 0 Å². The molecule has 1 fully saturated rings. The van der Waals surface area contributed by atoms with E-state index in [1.807, 2.05) is 0 Å². The average molecular weight is 156 g/mol. The van der Waals surface area contributed by atoms with Gasteiger partial charge in [0.1, 0.15) is 0 Å². The van der Waals surface area contributed by atoms with Gasteiger partial charge in [0.2, 0.25) is 0 Å². The lowest BCUT2D eigenvalue weighted by atomic mass is 9.92. The number of hydrogen-bond acceptors (Lipinski definition) is 1. The fraction of sp³-hybridized carbons (Fsp3) is 1.00. The highest BCUT2D eigenvalue weighted by molar-refractivity contribution is 4.77. The summed E-state index contributed by atoms with van der Waals surface area (Å²) in [6, 6.07) is 0. The molecule has 0 bridgehead atoms. The maximum absolute atomic E-state index is 9.53. The largest absolute Gasteiger partial charge is 0.393 e. The maximum atomic E-state index is 9.53. The van der Waals surface area contributed by atoms with Gasteiger partial charge in [0.05, 0.1) is 6.10 Å². The normalized spacial score (nSPS) is 34.1. The van der Waals surface area contributed by atoms with E-state index in [1.165, 1.54) is 25.7 Å². The summed E-state index contributed by atoms with van der Waals surface area (Å²) in [5, 5.41) is 9.53. The van der Waals surface area contributed by atoms with Crippen LogP contribution in [0.2, 0.25) is 0 Å². The van der Waals surface area contributed by atoms with Crippen LogP contribution in [0.3, 0.4) is 0 Å². The Labute approximate surface area is 69.8 Å². The summed E-state index contributed by atoms with van der Waals surface area (Å²) in [5.74, 6) is 1.41. The van der Waals surface area contributed by atoms with Crippen LogP contribution >= 0.6 is 0 Å². The van der Waals surface area contributed by atoms with Gasteiger partial charge in [0, 0.05) is 0 Å². The van der Waals surface area contributed by atoms with Crippen molar-refractivity contribution in [2.24, 2.45) is 11.8 Å². The summed E-state index contributed by atoms with van der Waals surface area (Å²) in [7, 11) is 0. The van der Waals surface area contributed by atoms with Gasteiger partial charge in [0.25, 0.3) is 0 Å². The van der Waals surface area contributed by atoms with Gasteiger partial charge in [-0.15, -0.1) is 0 Å². The van der Waals surface area contributed by atoms with Crippen molar-refractivity contribution in [1.29, 1.82) is 0 Å². The van der Waals surface area contributed by atoms with Gasteiger partial charge in [-0.1, -0.05) is 26.7 Å². The fourth-order valence-corrected chi connectivity index (χ4v) is 1.98. The monoisotopic (exact) mass is 156 g/mol. The molecule has 1 N–H and O–H groups in total. The Morgan fingerprint density at radius 2 is 2.18 bits per heavy atom. The van der Waals surface area contributed by atoms with Crippen molar-refractivity contribution in [3.63, 3.8) is 0 Å². The van der Waals surface area contributed by atoms with Gasteiger partial charge >= 0.3 is 0 Å². The standard InChI is InChI=1S/C10H20O/c1-3-8(2)7-9-5-4-6-10(9)11/h8-11H,3-7H2,1-2H3.